The molecule has 0 saturated heterocycles. The lowest BCUT2D eigenvalue weighted by atomic mass is 10.0. The van der Waals surface area contributed by atoms with Crippen LogP contribution in [-0.4, -0.2) is 25.6 Å². The molecule has 2 aromatic rings. The number of hydrogen-bond acceptors (Lipinski definition) is 4. The van der Waals surface area contributed by atoms with Crippen molar-refractivity contribution in [1.29, 1.82) is 0 Å². The van der Waals surface area contributed by atoms with Crippen molar-refractivity contribution in [3.63, 3.8) is 0 Å². The molecule has 0 aliphatic heterocycles. The summed E-state index contributed by atoms with van der Waals surface area (Å²) in [5.41, 5.74) is 0.699. The Morgan fingerprint density at radius 2 is 1.94 bits per heavy atom. The van der Waals surface area contributed by atoms with Gasteiger partial charge >= 0.3 is 0 Å². The second kappa shape index (κ2) is 4.74. The summed E-state index contributed by atoms with van der Waals surface area (Å²) in [7, 11) is 3.13. The van der Waals surface area contributed by atoms with Gasteiger partial charge < -0.3 is 14.7 Å². The molecule has 0 aliphatic carbocycles. The molecule has 0 heterocycles. The summed E-state index contributed by atoms with van der Waals surface area (Å²) in [4.78, 5) is 0. The van der Waals surface area contributed by atoms with Crippen molar-refractivity contribution in [1.82, 2.24) is 0 Å². The molecule has 0 aliphatic rings. The Bertz CT molecular complexity index is 564. The molecular weight excluding hydrogens is 218 g/mol. The largest absolute Gasteiger partial charge is 0.493 e. The molecule has 1 N–H and O–H groups in total. The third-order valence-electron chi connectivity index (χ3n) is 2.62. The van der Waals surface area contributed by atoms with E-state index in [0.717, 1.165) is 10.8 Å². The summed E-state index contributed by atoms with van der Waals surface area (Å²) in [5.74, 6) is 1.17. The van der Waals surface area contributed by atoms with Gasteiger partial charge in [-0.25, -0.2) is 0 Å². The number of ether oxygens (including phenoxy) is 2. The number of benzene rings is 2. The number of nitrogens with zero attached hydrogens (tertiary/aromatic N) is 1. The Kier molecular flexibility index (Phi) is 3.14. The lowest BCUT2D eigenvalue weighted by Crippen LogP contribution is -1.97. The van der Waals surface area contributed by atoms with Crippen LogP contribution in [0.5, 0.6) is 11.5 Å². The monoisotopic (exact) mass is 231 g/mol. The van der Waals surface area contributed by atoms with Gasteiger partial charge in [-0.15, -0.1) is 0 Å². The first-order chi connectivity index (χ1) is 8.31. The average molecular weight is 231 g/mol. The number of oxime groups is 1. The molecule has 0 radical (unpaired) electrons. The Labute approximate surface area is 99.1 Å². The van der Waals surface area contributed by atoms with Gasteiger partial charge in [0.15, 0.2) is 11.5 Å². The van der Waals surface area contributed by atoms with E-state index in [1.165, 1.54) is 6.21 Å². The topological polar surface area (TPSA) is 51.0 Å². The Balaban J connectivity index is 2.85. The van der Waals surface area contributed by atoms with Gasteiger partial charge in [-0.2, -0.15) is 0 Å². The number of hydrogen-bond donors (Lipinski definition) is 1. The highest BCUT2D eigenvalue weighted by Gasteiger charge is 2.13. The molecule has 2 rings (SSSR count). The maximum absolute atomic E-state index is 8.74. The highest BCUT2D eigenvalue weighted by Crippen LogP contribution is 2.36. The van der Waals surface area contributed by atoms with E-state index in [1.807, 2.05) is 30.3 Å². The highest BCUT2D eigenvalue weighted by molar-refractivity contribution is 6.03. The van der Waals surface area contributed by atoms with Crippen LogP contribution in [0, 0.1) is 0 Å². The summed E-state index contributed by atoms with van der Waals surface area (Å²) in [6, 6.07) is 9.65. The molecule has 0 saturated carbocycles. The predicted molar refractivity (Wildman–Crippen MR) is 66.4 cm³/mol. The van der Waals surface area contributed by atoms with Crippen LogP contribution >= 0.6 is 0 Å². The minimum atomic E-state index is 0.559. The van der Waals surface area contributed by atoms with Crippen LogP contribution in [0.2, 0.25) is 0 Å². The van der Waals surface area contributed by atoms with Crippen molar-refractivity contribution < 1.29 is 14.7 Å². The van der Waals surface area contributed by atoms with Gasteiger partial charge in [0.05, 0.1) is 20.4 Å². The minimum absolute atomic E-state index is 0.559. The fraction of sp³-hybridized carbons (Fsp3) is 0.154. The standard InChI is InChI=1S/C13H13NO3/c1-16-12-7-9-5-3-4-6-10(9)11(8-14-15)13(12)17-2/h3-8,15H,1-2H3. The molecule has 0 bridgehead atoms. The van der Waals surface area contributed by atoms with Crippen molar-refractivity contribution in [2.45, 2.75) is 0 Å². The number of rotatable bonds is 3. The molecule has 2 aromatic carbocycles. The lowest BCUT2D eigenvalue weighted by molar-refractivity contribution is 0.321. The zero-order valence-corrected chi connectivity index (χ0v) is 9.68. The second-order valence-corrected chi connectivity index (χ2v) is 3.49. The molecule has 4 nitrogen and oxygen atoms in total. The highest BCUT2D eigenvalue weighted by atomic mass is 16.5. The molecule has 0 fully saturated rings. The smallest absolute Gasteiger partial charge is 0.170 e. The fourth-order valence-electron chi connectivity index (χ4n) is 1.88. The Hall–Kier alpha value is -2.23. The van der Waals surface area contributed by atoms with Crippen LogP contribution in [0.4, 0.5) is 0 Å². The maximum atomic E-state index is 8.74. The number of fused-ring (bicyclic) bond motifs is 1. The quantitative estimate of drug-likeness (QED) is 0.502. The van der Waals surface area contributed by atoms with Gasteiger partial charge in [0.1, 0.15) is 0 Å². The van der Waals surface area contributed by atoms with Gasteiger partial charge in [0.2, 0.25) is 0 Å². The van der Waals surface area contributed by atoms with Crippen molar-refractivity contribution in [3.05, 3.63) is 35.9 Å². The van der Waals surface area contributed by atoms with Crippen molar-refractivity contribution in [2.75, 3.05) is 14.2 Å². The SMILES string of the molecule is COc1cc2ccccc2c(C=NO)c1OC. The summed E-state index contributed by atoms with van der Waals surface area (Å²) < 4.78 is 10.6. The van der Waals surface area contributed by atoms with Gasteiger partial charge in [0.25, 0.3) is 0 Å². The van der Waals surface area contributed by atoms with Crippen LogP contribution in [0.3, 0.4) is 0 Å². The molecule has 0 amide bonds. The van der Waals surface area contributed by atoms with Crippen molar-refractivity contribution in [3.8, 4) is 11.5 Å². The van der Waals surface area contributed by atoms with E-state index in [9.17, 15) is 0 Å². The van der Waals surface area contributed by atoms with E-state index in [0.29, 0.717) is 17.1 Å². The molecular formula is C13H13NO3. The van der Waals surface area contributed by atoms with E-state index in [-0.39, 0.29) is 0 Å². The zero-order chi connectivity index (χ0) is 12.3. The second-order valence-electron chi connectivity index (χ2n) is 3.49. The molecule has 0 spiro atoms. The normalized spacial score (nSPS) is 10.9. The van der Waals surface area contributed by atoms with Crippen LogP contribution in [0.25, 0.3) is 10.8 Å². The van der Waals surface area contributed by atoms with Crippen molar-refractivity contribution in [2.24, 2.45) is 5.16 Å². The van der Waals surface area contributed by atoms with Crippen molar-refractivity contribution >= 4 is 17.0 Å². The molecule has 17 heavy (non-hydrogen) atoms. The fourth-order valence-corrected chi connectivity index (χ4v) is 1.88. The first-order valence-electron chi connectivity index (χ1n) is 5.13. The molecule has 88 valence electrons. The lowest BCUT2D eigenvalue weighted by Gasteiger charge is -2.12. The van der Waals surface area contributed by atoms with Crippen LogP contribution in [0.15, 0.2) is 35.5 Å². The summed E-state index contributed by atoms with van der Waals surface area (Å²) in [5, 5.41) is 13.8. The van der Waals surface area contributed by atoms with Crippen LogP contribution in [0.1, 0.15) is 5.56 Å². The van der Waals surface area contributed by atoms with Crippen LogP contribution < -0.4 is 9.47 Å². The van der Waals surface area contributed by atoms with E-state index >= 15 is 0 Å². The average Bonchev–Trinajstić information content (AvgIpc) is 2.38. The molecule has 0 unspecified atom stereocenters. The number of methoxy groups -OCH3 is 2. The summed E-state index contributed by atoms with van der Waals surface area (Å²) in [6.07, 6.45) is 1.35. The Morgan fingerprint density at radius 3 is 2.59 bits per heavy atom. The molecule has 4 heteroatoms. The van der Waals surface area contributed by atoms with Gasteiger partial charge in [0, 0.05) is 5.56 Å². The molecule has 0 aromatic heterocycles. The third kappa shape index (κ3) is 1.89. The Morgan fingerprint density at radius 1 is 1.18 bits per heavy atom. The first kappa shape index (κ1) is 11.3. The first-order valence-corrected chi connectivity index (χ1v) is 5.13. The zero-order valence-electron chi connectivity index (χ0n) is 9.68. The van der Waals surface area contributed by atoms with Gasteiger partial charge in [-0.05, 0) is 16.8 Å². The summed E-state index contributed by atoms with van der Waals surface area (Å²) >= 11 is 0. The van der Waals surface area contributed by atoms with E-state index in [1.54, 1.807) is 14.2 Å². The third-order valence-corrected chi connectivity index (χ3v) is 2.62. The predicted octanol–water partition coefficient (Wildman–Crippen LogP) is 2.67. The van der Waals surface area contributed by atoms with Crippen LogP contribution in [-0.2, 0) is 0 Å². The van der Waals surface area contributed by atoms with E-state index in [2.05, 4.69) is 5.16 Å². The minimum Gasteiger partial charge on any atom is -0.493 e. The van der Waals surface area contributed by atoms with E-state index in [4.69, 9.17) is 14.7 Å². The maximum Gasteiger partial charge on any atom is 0.170 e. The summed E-state index contributed by atoms with van der Waals surface area (Å²) in [6.45, 7) is 0. The van der Waals surface area contributed by atoms with Gasteiger partial charge in [-0.3, -0.25) is 0 Å². The van der Waals surface area contributed by atoms with E-state index < -0.39 is 0 Å². The van der Waals surface area contributed by atoms with Gasteiger partial charge in [-0.1, -0.05) is 29.4 Å². The molecule has 0 atom stereocenters.